The second kappa shape index (κ2) is 10.0. The van der Waals surface area contributed by atoms with Gasteiger partial charge in [0, 0.05) is 19.7 Å². The zero-order valence-corrected chi connectivity index (χ0v) is 15.8. The fourth-order valence-electron chi connectivity index (χ4n) is 2.52. The van der Waals surface area contributed by atoms with E-state index >= 15 is 0 Å². The normalized spacial score (nSPS) is 11.3. The molecule has 2 aromatic rings. The van der Waals surface area contributed by atoms with E-state index in [1.807, 2.05) is 18.2 Å². The minimum atomic E-state index is -3.03. The van der Waals surface area contributed by atoms with Gasteiger partial charge in [-0.1, -0.05) is 42.5 Å². The van der Waals surface area contributed by atoms with Crippen molar-refractivity contribution in [1.29, 1.82) is 5.41 Å². The summed E-state index contributed by atoms with van der Waals surface area (Å²) < 4.78 is 34.4. The molecule has 0 fully saturated rings. The molecule has 0 aliphatic heterocycles. The number of hydrogen-bond donors (Lipinski definition) is 2. The Morgan fingerprint density at radius 1 is 1.11 bits per heavy atom. The fraction of sp³-hybridized carbons (Fsp3) is 0.381. The molecule has 0 saturated heterocycles. The summed E-state index contributed by atoms with van der Waals surface area (Å²) in [7, 11) is 3.42. The summed E-state index contributed by atoms with van der Waals surface area (Å²) in [5.41, 5.74) is 1.14. The topological polar surface area (TPSA) is 48.4 Å². The summed E-state index contributed by atoms with van der Waals surface area (Å²) >= 11 is 0. The van der Waals surface area contributed by atoms with E-state index in [0.29, 0.717) is 12.4 Å². The summed E-state index contributed by atoms with van der Waals surface area (Å²) in [4.78, 5) is 1.58. The van der Waals surface area contributed by atoms with Crippen LogP contribution < -0.4 is 10.1 Å². The molecule has 4 nitrogen and oxygen atoms in total. The molecule has 2 N–H and O–H groups in total. The van der Waals surface area contributed by atoms with Gasteiger partial charge in [0.1, 0.15) is 11.6 Å². The number of hydrogen-bond acceptors (Lipinski definition) is 3. The highest BCUT2D eigenvalue weighted by atomic mass is 19.3. The number of rotatable bonds is 10. The molecule has 0 radical (unpaired) electrons. The first kappa shape index (κ1) is 20.8. The lowest BCUT2D eigenvalue weighted by Gasteiger charge is -2.20. The molecule has 0 spiro atoms. The number of nitrogens with one attached hydrogen (secondary N) is 2. The summed E-state index contributed by atoms with van der Waals surface area (Å²) in [6, 6.07) is 16.1. The first-order valence-electron chi connectivity index (χ1n) is 8.99. The Balaban J connectivity index is 1.83. The number of alkyl halides is 2. The predicted octanol–water partition coefficient (Wildman–Crippen LogP) is 3.92. The van der Waals surface area contributed by atoms with Crippen molar-refractivity contribution in [1.82, 2.24) is 10.2 Å². The van der Waals surface area contributed by atoms with Crippen molar-refractivity contribution < 1.29 is 13.5 Å². The van der Waals surface area contributed by atoms with E-state index in [4.69, 9.17) is 10.1 Å². The Bertz CT molecular complexity index is 720. The van der Waals surface area contributed by atoms with E-state index in [2.05, 4.69) is 17.4 Å². The van der Waals surface area contributed by atoms with E-state index in [1.54, 1.807) is 31.1 Å². The largest absolute Gasteiger partial charge is 0.494 e. The van der Waals surface area contributed by atoms with Crippen LogP contribution in [0.25, 0.3) is 0 Å². The second-order valence-corrected chi connectivity index (χ2v) is 6.61. The van der Waals surface area contributed by atoms with Crippen molar-refractivity contribution in [2.24, 2.45) is 0 Å². The van der Waals surface area contributed by atoms with Gasteiger partial charge in [0.25, 0.3) is 5.92 Å². The molecule has 146 valence electrons. The van der Waals surface area contributed by atoms with E-state index in [1.165, 1.54) is 17.7 Å². The Morgan fingerprint density at radius 2 is 1.85 bits per heavy atom. The van der Waals surface area contributed by atoms with Crippen molar-refractivity contribution in [3.05, 3.63) is 65.7 Å². The van der Waals surface area contributed by atoms with Gasteiger partial charge in [-0.2, -0.15) is 8.78 Å². The molecule has 0 saturated carbocycles. The summed E-state index contributed by atoms with van der Waals surface area (Å²) in [5.74, 6) is -2.33. The number of halogens is 2. The van der Waals surface area contributed by atoms with Crippen molar-refractivity contribution in [2.45, 2.75) is 18.8 Å². The SMILES string of the molecule is CN(C)C(=N)CNCC(F)(F)c1cccc(OCCCc2ccccc2)c1. The van der Waals surface area contributed by atoms with Crippen molar-refractivity contribution >= 4 is 5.84 Å². The summed E-state index contributed by atoms with van der Waals surface area (Å²) in [6.45, 7) is 0.0428. The van der Waals surface area contributed by atoms with Crippen LogP contribution in [-0.4, -0.2) is 44.5 Å². The van der Waals surface area contributed by atoms with E-state index in [9.17, 15) is 8.78 Å². The standard InChI is InChI=1S/C21H27F2N3O/c1-26(2)20(24)15-25-16-21(22,23)18-11-6-12-19(14-18)27-13-7-10-17-8-4-3-5-9-17/h3-6,8-9,11-12,14,24-25H,7,10,13,15-16H2,1-2H3. The molecule has 6 heteroatoms. The third-order valence-corrected chi connectivity index (χ3v) is 4.16. The van der Waals surface area contributed by atoms with Crippen LogP contribution in [0.3, 0.4) is 0 Å². The maximum Gasteiger partial charge on any atom is 0.285 e. The van der Waals surface area contributed by atoms with Crippen LogP contribution in [0.2, 0.25) is 0 Å². The molecule has 0 aliphatic carbocycles. The van der Waals surface area contributed by atoms with E-state index in [0.717, 1.165) is 12.8 Å². The molecule has 0 bridgehead atoms. The van der Waals surface area contributed by atoms with E-state index < -0.39 is 12.5 Å². The molecule has 0 amide bonds. The fourth-order valence-corrected chi connectivity index (χ4v) is 2.52. The van der Waals surface area contributed by atoms with Crippen LogP contribution in [0, 0.1) is 5.41 Å². The monoisotopic (exact) mass is 375 g/mol. The quantitative estimate of drug-likeness (QED) is 0.376. The highest BCUT2D eigenvalue weighted by Crippen LogP contribution is 2.29. The molecule has 0 heterocycles. The minimum absolute atomic E-state index is 0.0908. The number of aryl methyl sites for hydroxylation is 1. The molecule has 0 aliphatic rings. The number of ether oxygens (including phenoxy) is 1. The van der Waals surface area contributed by atoms with Crippen molar-refractivity contribution in [3.8, 4) is 5.75 Å². The van der Waals surface area contributed by atoms with Gasteiger partial charge in [0.05, 0.1) is 19.7 Å². The number of likely N-dealkylation sites (N-methyl/N-ethyl adjacent to an activating group) is 1. The van der Waals surface area contributed by atoms with E-state index in [-0.39, 0.29) is 17.9 Å². The maximum atomic E-state index is 14.4. The van der Waals surface area contributed by atoms with Crippen LogP contribution in [0.15, 0.2) is 54.6 Å². The molecular formula is C21H27F2N3O. The first-order chi connectivity index (χ1) is 12.9. The lowest BCUT2D eigenvalue weighted by Crippen LogP contribution is -2.38. The average Bonchev–Trinajstić information content (AvgIpc) is 2.66. The molecule has 0 unspecified atom stereocenters. The summed E-state index contributed by atoms with van der Waals surface area (Å²) in [5, 5.41) is 10.3. The molecule has 2 rings (SSSR count). The highest BCUT2D eigenvalue weighted by Gasteiger charge is 2.31. The zero-order valence-electron chi connectivity index (χ0n) is 15.8. The zero-order chi connectivity index (χ0) is 19.7. The predicted molar refractivity (Wildman–Crippen MR) is 105 cm³/mol. The molecule has 2 aromatic carbocycles. The maximum absolute atomic E-state index is 14.4. The van der Waals surface area contributed by atoms with Gasteiger partial charge < -0.3 is 15.0 Å². The third kappa shape index (κ3) is 6.98. The van der Waals surface area contributed by atoms with Gasteiger partial charge in [0.15, 0.2) is 0 Å². The first-order valence-corrected chi connectivity index (χ1v) is 8.99. The number of nitrogens with zero attached hydrogens (tertiary/aromatic N) is 1. The van der Waals surface area contributed by atoms with Crippen molar-refractivity contribution in [2.75, 3.05) is 33.8 Å². The highest BCUT2D eigenvalue weighted by molar-refractivity contribution is 5.80. The molecule has 0 atom stereocenters. The number of benzene rings is 2. The Hall–Kier alpha value is -2.47. The van der Waals surface area contributed by atoms with Gasteiger partial charge >= 0.3 is 0 Å². The molecule has 27 heavy (non-hydrogen) atoms. The van der Waals surface area contributed by atoms with Gasteiger partial charge in [-0.05, 0) is 30.5 Å². The lowest BCUT2D eigenvalue weighted by molar-refractivity contribution is -0.00229. The Kier molecular flexibility index (Phi) is 7.73. The minimum Gasteiger partial charge on any atom is -0.494 e. The molecule has 0 aromatic heterocycles. The smallest absolute Gasteiger partial charge is 0.285 e. The van der Waals surface area contributed by atoms with Crippen LogP contribution in [0.5, 0.6) is 5.75 Å². The Morgan fingerprint density at radius 3 is 2.56 bits per heavy atom. The van der Waals surface area contributed by atoms with Gasteiger partial charge in [0.2, 0.25) is 0 Å². The van der Waals surface area contributed by atoms with Gasteiger partial charge in [-0.15, -0.1) is 0 Å². The lowest BCUT2D eigenvalue weighted by atomic mass is 10.1. The van der Waals surface area contributed by atoms with Crippen LogP contribution in [0.1, 0.15) is 17.5 Å². The van der Waals surface area contributed by atoms with Crippen LogP contribution >= 0.6 is 0 Å². The van der Waals surface area contributed by atoms with Crippen LogP contribution in [0.4, 0.5) is 8.78 Å². The van der Waals surface area contributed by atoms with Crippen molar-refractivity contribution in [3.63, 3.8) is 0 Å². The van der Waals surface area contributed by atoms with Gasteiger partial charge in [-0.3, -0.25) is 5.41 Å². The third-order valence-electron chi connectivity index (χ3n) is 4.16. The van der Waals surface area contributed by atoms with Gasteiger partial charge in [-0.25, -0.2) is 0 Å². The summed E-state index contributed by atoms with van der Waals surface area (Å²) in [6.07, 6.45) is 1.71. The second-order valence-electron chi connectivity index (χ2n) is 6.61. The number of amidine groups is 1. The van der Waals surface area contributed by atoms with Crippen LogP contribution in [-0.2, 0) is 12.3 Å². The Labute approximate surface area is 159 Å². The average molecular weight is 375 g/mol. The molecular weight excluding hydrogens is 348 g/mol.